The first-order valence-corrected chi connectivity index (χ1v) is 7.38. The van der Waals surface area contributed by atoms with Gasteiger partial charge >= 0.3 is 0 Å². The molecule has 0 aliphatic carbocycles. The second kappa shape index (κ2) is 7.29. The van der Waals surface area contributed by atoms with Gasteiger partial charge in [0, 0.05) is 29.2 Å². The zero-order chi connectivity index (χ0) is 15.3. The second-order valence-corrected chi connectivity index (χ2v) is 6.66. The van der Waals surface area contributed by atoms with Gasteiger partial charge in [0.15, 0.2) is 0 Å². The van der Waals surface area contributed by atoms with Crippen molar-refractivity contribution in [1.29, 1.82) is 0 Å². The molecule has 1 rings (SSSR count). The molecule has 0 saturated heterocycles. The van der Waals surface area contributed by atoms with E-state index >= 15 is 0 Å². The number of ether oxygens (including phenoxy) is 2. The largest absolute Gasteiger partial charge is 0.497 e. The standard InChI is InChI=1S/C15H24BrNO3/c1-15(2,3)14(18)9-17-8-11-12(16)6-10(19-4)7-13(11)20-5/h6-7,14,17-18H,8-9H2,1-5H3. The molecule has 114 valence electrons. The van der Waals surface area contributed by atoms with Gasteiger partial charge in [0.1, 0.15) is 11.5 Å². The summed E-state index contributed by atoms with van der Waals surface area (Å²) in [4.78, 5) is 0. The van der Waals surface area contributed by atoms with E-state index in [1.54, 1.807) is 14.2 Å². The smallest absolute Gasteiger partial charge is 0.128 e. The van der Waals surface area contributed by atoms with Crippen molar-refractivity contribution in [3.8, 4) is 11.5 Å². The Morgan fingerprint density at radius 2 is 1.90 bits per heavy atom. The number of hydrogen-bond acceptors (Lipinski definition) is 4. The summed E-state index contributed by atoms with van der Waals surface area (Å²) in [5.41, 5.74) is 0.878. The maximum Gasteiger partial charge on any atom is 0.128 e. The summed E-state index contributed by atoms with van der Waals surface area (Å²) in [6, 6.07) is 3.75. The Hall–Kier alpha value is -0.780. The molecule has 0 fully saturated rings. The predicted octanol–water partition coefficient (Wildman–Crippen LogP) is 2.96. The van der Waals surface area contributed by atoms with Crippen LogP contribution in [0.25, 0.3) is 0 Å². The molecule has 0 bridgehead atoms. The summed E-state index contributed by atoms with van der Waals surface area (Å²) in [6.45, 7) is 7.20. The van der Waals surface area contributed by atoms with E-state index in [2.05, 4.69) is 21.2 Å². The molecule has 0 spiro atoms. The van der Waals surface area contributed by atoms with E-state index in [1.165, 1.54) is 0 Å². The van der Waals surface area contributed by atoms with E-state index in [0.717, 1.165) is 21.5 Å². The van der Waals surface area contributed by atoms with Crippen LogP contribution in [0.1, 0.15) is 26.3 Å². The topological polar surface area (TPSA) is 50.7 Å². The fourth-order valence-corrected chi connectivity index (χ4v) is 2.26. The lowest BCUT2D eigenvalue weighted by atomic mass is 9.89. The highest BCUT2D eigenvalue weighted by atomic mass is 79.9. The summed E-state index contributed by atoms with van der Waals surface area (Å²) in [5, 5.41) is 13.3. The molecule has 0 aliphatic heterocycles. The minimum Gasteiger partial charge on any atom is -0.497 e. The minimum atomic E-state index is -0.398. The molecule has 1 aromatic carbocycles. The van der Waals surface area contributed by atoms with Gasteiger partial charge in [-0.25, -0.2) is 0 Å². The molecule has 4 nitrogen and oxygen atoms in total. The first-order chi connectivity index (χ1) is 9.29. The van der Waals surface area contributed by atoms with Crippen molar-refractivity contribution in [2.24, 2.45) is 5.41 Å². The van der Waals surface area contributed by atoms with Gasteiger partial charge in [-0.3, -0.25) is 0 Å². The van der Waals surface area contributed by atoms with E-state index in [4.69, 9.17) is 9.47 Å². The number of benzene rings is 1. The van der Waals surface area contributed by atoms with Gasteiger partial charge < -0.3 is 19.9 Å². The maximum atomic E-state index is 10.0. The monoisotopic (exact) mass is 345 g/mol. The molecule has 0 saturated carbocycles. The molecule has 2 N–H and O–H groups in total. The predicted molar refractivity (Wildman–Crippen MR) is 84.4 cm³/mol. The van der Waals surface area contributed by atoms with Crippen LogP contribution in [0.4, 0.5) is 0 Å². The molecular weight excluding hydrogens is 322 g/mol. The summed E-state index contributed by atoms with van der Waals surface area (Å²) >= 11 is 3.52. The minimum absolute atomic E-state index is 0.131. The number of aliphatic hydroxyl groups excluding tert-OH is 1. The van der Waals surface area contributed by atoms with Crippen LogP contribution in [0, 0.1) is 5.41 Å². The fraction of sp³-hybridized carbons (Fsp3) is 0.600. The number of hydrogen-bond donors (Lipinski definition) is 2. The van der Waals surface area contributed by atoms with Crippen molar-refractivity contribution in [2.45, 2.75) is 33.4 Å². The van der Waals surface area contributed by atoms with Gasteiger partial charge in [-0.05, 0) is 11.5 Å². The average Bonchev–Trinajstić information content (AvgIpc) is 2.38. The molecule has 0 radical (unpaired) electrons. The van der Waals surface area contributed by atoms with Crippen molar-refractivity contribution < 1.29 is 14.6 Å². The first kappa shape index (κ1) is 17.3. The van der Waals surface area contributed by atoms with Crippen LogP contribution >= 0.6 is 15.9 Å². The number of nitrogens with one attached hydrogen (secondary N) is 1. The lowest BCUT2D eigenvalue weighted by Crippen LogP contribution is -2.36. The molecule has 1 aromatic rings. The molecule has 20 heavy (non-hydrogen) atoms. The third-order valence-electron chi connectivity index (χ3n) is 3.22. The highest BCUT2D eigenvalue weighted by molar-refractivity contribution is 9.10. The van der Waals surface area contributed by atoms with Crippen LogP contribution in [-0.4, -0.2) is 32.0 Å². The van der Waals surface area contributed by atoms with Crippen LogP contribution in [0.5, 0.6) is 11.5 Å². The lowest BCUT2D eigenvalue weighted by Gasteiger charge is -2.26. The Morgan fingerprint density at radius 1 is 1.25 bits per heavy atom. The van der Waals surface area contributed by atoms with Gasteiger partial charge in [0.05, 0.1) is 20.3 Å². The van der Waals surface area contributed by atoms with E-state index in [0.29, 0.717) is 13.1 Å². The Kier molecular flexibility index (Phi) is 6.30. The van der Waals surface area contributed by atoms with Crippen LogP contribution in [0.3, 0.4) is 0 Å². The maximum absolute atomic E-state index is 10.0. The average molecular weight is 346 g/mol. The summed E-state index contributed by atoms with van der Waals surface area (Å²) in [5.74, 6) is 1.50. The number of methoxy groups -OCH3 is 2. The Bertz CT molecular complexity index is 443. The Balaban J connectivity index is 2.73. The normalized spacial score (nSPS) is 13.2. The third kappa shape index (κ3) is 4.65. The van der Waals surface area contributed by atoms with Gasteiger partial charge in [-0.2, -0.15) is 0 Å². The van der Waals surface area contributed by atoms with Gasteiger partial charge in [0.25, 0.3) is 0 Å². The number of rotatable bonds is 6. The molecule has 0 aliphatic rings. The van der Waals surface area contributed by atoms with Gasteiger partial charge in [-0.15, -0.1) is 0 Å². The Labute approximate surface area is 129 Å². The van der Waals surface area contributed by atoms with Crippen molar-refractivity contribution in [3.05, 3.63) is 22.2 Å². The molecule has 0 aromatic heterocycles. The van der Waals surface area contributed by atoms with Crippen LogP contribution < -0.4 is 14.8 Å². The van der Waals surface area contributed by atoms with Crippen LogP contribution in [-0.2, 0) is 6.54 Å². The SMILES string of the molecule is COc1cc(Br)c(CNCC(O)C(C)(C)C)c(OC)c1. The summed E-state index contributed by atoms with van der Waals surface area (Å²) in [6.07, 6.45) is -0.398. The third-order valence-corrected chi connectivity index (χ3v) is 3.93. The summed E-state index contributed by atoms with van der Waals surface area (Å²) in [7, 11) is 3.26. The lowest BCUT2D eigenvalue weighted by molar-refractivity contribution is 0.0627. The Morgan fingerprint density at radius 3 is 2.40 bits per heavy atom. The highest BCUT2D eigenvalue weighted by Crippen LogP contribution is 2.32. The number of aliphatic hydroxyl groups is 1. The molecule has 1 unspecified atom stereocenters. The zero-order valence-electron chi connectivity index (χ0n) is 12.8. The van der Waals surface area contributed by atoms with Crippen molar-refractivity contribution in [2.75, 3.05) is 20.8 Å². The van der Waals surface area contributed by atoms with Crippen molar-refractivity contribution in [3.63, 3.8) is 0 Å². The quantitative estimate of drug-likeness (QED) is 0.832. The highest BCUT2D eigenvalue weighted by Gasteiger charge is 2.21. The fourth-order valence-electron chi connectivity index (χ4n) is 1.70. The number of halogens is 1. The van der Waals surface area contributed by atoms with E-state index in [-0.39, 0.29) is 5.41 Å². The van der Waals surface area contributed by atoms with Crippen molar-refractivity contribution >= 4 is 15.9 Å². The van der Waals surface area contributed by atoms with E-state index in [1.807, 2.05) is 32.9 Å². The van der Waals surface area contributed by atoms with Gasteiger partial charge in [-0.1, -0.05) is 36.7 Å². The first-order valence-electron chi connectivity index (χ1n) is 6.58. The second-order valence-electron chi connectivity index (χ2n) is 5.80. The molecular formula is C15H24BrNO3. The van der Waals surface area contributed by atoms with E-state index in [9.17, 15) is 5.11 Å². The molecule has 5 heteroatoms. The van der Waals surface area contributed by atoms with Crippen LogP contribution in [0.15, 0.2) is 16.6 Å². The van der Waals surface area contributed by atoms with Gasteiger partial charge in [0.2, 0.25) is 0 Å². The molecule has 1 atom stereocenters. The summed E-state index contributed by atoms with van der Waals surface area (Å²) < 4.78 is 11.5. The van der Waals surface area contributed by atoms with E-state index < -0.39 is 6.10 Å². The van der Waals surface area contributed by atoms with Crippen molar-refractivity contribution in [1.82, 2.24) is 5.32 Å². The van der Waals surface area contributed by atoms with Crippen LogP contribution in [0.2, 0.25) is 0 Å². The molecule has 0 heterocycles. The molecule has 0 amide bonds. The zero-order valence-corrected chi connectivity index (χ0v) is 14.4.